The van der Waals surface area contributed by atoms with E-state index in [-0.39, 0.29) is 23.2 Å². The molecule has 0 radical (unpaired) electrons. The van der Waals surface area contributed by atoms with Crippen LogP contribution in [-0.2, 0) is 9.84 Å². The molecule has 106 valence electrons. The normalized spacial score (nSPS) is 21.2. The maximum Gasteiger partial charge on any atom is 0.231 e. The van der Waals surface area contributed by atoms with E-state index < -0.39 is 9.84 Å². The Hall–Kier alpha value is -1.76. The van der Waals surface area contributed by atoms with Gasteiger partial charge in [-0.1, -0.05) is 5.16 Å². The van der Waals surface area contributed by atoms with Gasteiger partial charge in [0.05, 0.1) is 17.4 Å². The zero-order chi connectivity index (χ0) is 14.3. The fourth-order valence-corrected chi connectivity index (χ4v) is 4.02. The number of aryl methyl sites for hydroxylation is 1. The van der Waals surface area contributed by atoms with Crippen molar-refractivity contribution in [1.82, 2.24) is 10.1 Å². The van der Waals surface area contributed by atoms with Crippen molar-refractivity contribution in [2.45, 2.75) is 19.3 Å². The Morgan fingerprint density at radius 3 is 2.85 bits per heavy atom. The van der Waals surface area contributed by atoms with Crippen molar-refractivity contribution in [1.29, 1.82) is 0 Å². The van der Waals surface area contributed by atoms with Crippen LogP contribution in [0.25, 0.3) is 11.4 Å². The summed E-state index contributed by atoms with van der Waals surface area (Å²) in [6, 6.07) is 4.55. The Balaban J connectivity index is 1.89. The fraction of sp³-hybridized carbons (Fsp3) is 0.385. The van der Waals surface area contributed by atoms with Crippen LogP contribution in [0.2, 0.25) is 0 Å². The molecule has 1 aliphatic rings. The first-order valence-electron chi connectivity index (χ1n) is 6.25. The first kappa shape index (κ1) is 13.2. The number of rotatable bonds is 2. The van der Waals surface area contributed by atoms with E-state index in [4.69, 9.17) is 4.52 Å². The van der Waals surface area contributed by atoms with E-state index in [0.717, 1.165) is 0 Å². The molecule has 0 unspecified atom stereocenters. The first-order valence-corrected chi connectivity index (χ1v) is 8.07. The fourth-order valence-electron chi connectivity index (χ4n) is 2.29. The third-order valence-corrected chi connectivity index (χ3v) is 5.21. The maximum absolute atomic E-state index is 13.2. The summed E-state index contributed by atoms with van der Waals surface area (Å²) in [6.07, 6.45) is 0.506. The molecule has 0 N–H and O–H groups in total. The predicted octanol–water partition coefficient (Wildman–Crippen LogP) is 2.09. The van der Waals surface area contributed by atoms with Crippen molar-refractivity contribution >= 4 is 9.84 Å². The van der Waals surface area contributed by atoms with Crippen molar-refractivity contribution in [3.63, 3.8) is 0 Å². The maximum atomic E-state index is 13.2. The van der Waals surface area contributed by atoms with Crippen LogP contribution in [0.1, 0.15) is 23.8 Å². The molecular weight excluding hydrogens is 283 g/mol. The highest BCUT2D eigenvalue weighted by Crippen LogP contribution is 2.29. The van der Waals surface area contributed by atoms with E-state index in [1.54, 1.807) is 19.1 Å². The zero-order valence-electron chi connectivity index (χ0n) is 10.8. The van der Waals surface area contributed by atoms with Crippen LogP contribution in [-0.4, -0.2) is 30.1 Å². The molecule has 7 heteroatoms. The topological polar surface area (TPSA) is 73.1 Å². The molecule has 1 aromatic carbocycles. The Bertz CT molecular complexity index is 755. The summed E-state index contributed by atoms with van der Waals surface area (Å²) in [5.41, 5.74) is 1.15. The number of hydrogen-bond donors (Lipinski definition) is 0. The summed E-state index contributed by atoms with van der Waals surface area (Å²) in [6.45, 7) is 1.66. The number of aromatic nitrogens is 2. The minimum atomic E-state index is -2.99. The van der Waals surface area contributed by atoms with E-state index in [0.29, 0.717) is 29.3 Å². The molecule has 1 atom stereocenters. The van der Waals surface area contributed by atoms with E-state index in [2.05, 4.69) is 10.1 Å². The molecular formula is C13H13FN2O3S. The van der Waals surface area contributed by atoms with Gasteiger partial charge in [0.1, 0.15) is 5.82 Å². The van der Waals surface area contributed by atoms with Crippen LogP contribution < -0.4 is 0 Å². The van der Waals surface area contributed by atoms with Crippen molar-refractivity contribution in [3.8, 4) is 11.4 Å². The number of hydrogen-bond acceptors (Lipinski definition) is 5. The van der Waals surface area contributed by atoms with Gasteiger partial charge >= 0.3 is 0 Å². The molecule has 0 bridgehead atoms. The lowest BCUT2D eigenvalue weighted by Crippen LogP contribution is -2.03. The molecule has 1 saturated heterocycles. The molecule has 3 rings (SSSR count). The van der Waals surface area contributed by atoms with Gasteiger partial charge in [-0.05, 0) is 37.1 Å². The zero-order valence-corrected chi connectivity index (χ0v) is 11.7. The summed E-state index contributed by atoms with van der Waals surface area (Å²) in [5, 5.41) is 3.85. The van der Waals surface area contributed by atoms with Crippen LogP contribution in [0.15, 0.2) is 22.7 Å². The molecule has 5 nitrogen and oxygen atoms in total. The first-order chi connectivity index (χ1) is 9.44. The van der Waals surface area contributed by atoms with Gasteiger partial charge in [-0.15, -0.1) is 0 Å². The smallest absolute Gasteiger partial charge is 0.231 e. The van der Waals surface area contributed by atoms with E-state index in [1.165, 1.54) is 6.07 Å². The van der Waals surface area contributed by atoms with Gasteiger partial charge in [0.2, 0.25) is 11.7 Å². The van der Waals surface area contributed by atoms with Gasteiger partial charge in [0.25, 0.3) is 0 Å². The summed E-state index contributed by atoms with van der Waals surface area (Å²) in [4.78, 5) is 4.23. The Morgan fingerprint density at radius 2 is 2.20 bits per heavy atom. The second kappa shape index (κ2) is 4.66. The Kier molecular flexibility index (Phi) is 3.08. The van der Waals surface area contributed by atoms with Gasteiger partial charge in [0.15, 0.2) is 9.84 Å². The number of benzene rings is 1. The minimum Gasteiger partial charge on any atom is -0.339 e. The molecule has 2 heterocycles. The highest BCUT2D eigenvalue weighted by atomic mass is 32.2. The monoisotopic (exact) mass is 296 g/mol. The van der Waals surface area contributed by atoms with Gasteiger partial charge < -0.3 is 4.52 Å². The van der Waals surface area contributed by atoms with Crippen LogP contribution in [0.5, 0.6) is 0 Å². The number of nitrogens with zero attached hydrogens (tertiary/aromatic N) is 2. The van der Waals surface area contributed by atoms with Crippen molar-refractivity contribution < 1.29 is 17.3 Å². The average Bonchev–Trinajstić information content (AvgIpc) is 2.99. The highest BCUT2D eigenvalue weighted by molar-refractivity contribution is 7.91. The summed E-state index contributed by atoms with van der Waals surface area (Å²) in [5.74, 6) is 0.375. The van der Waals surface area contributed by atoms with Crippen molar-refractivity contribution in [2.24, 2.45) is 0 Å². The summed E-state index contributed by atoms with van der Waals surface area (Å²) < 4.78 is 41.3. The molecule has 0 aliphatic carbocycles. The second-order valence-corrected chi connectivity index (χ2v) is 7.25. The van der Waals surface area contributed by atoms with Crippen molar-refractivity contribution in [3.05, 3.63) is 35.5 Å². The Morgan fingerprint density at radius 1 is 1.40 bits per heavy atom. The summed E-state index contributed by atoms with van der Waals surface area (Å²) >= 11 is 0. The van der Waals surface area contributed by atoms with Gasteiger partial charge in [0, 0.05) is 5.56 Å². The molecule has 1 aliphatic heterocycles. The number of halogens is 1. The van der Waals surface area contributed by atoms with E-state index in [1.807, 2.05) is 0 Å². The molecule has 1 fully saturated rings. The molecule has 1 aromatic heterocycles. The van der Waals surface area contributed by atoms with Crippen LogP contribution in [0.4, 0.5) is 4.39 Å². The largest absolute Gasteiger partial charge is 0.339 e. The lowest BCUT2D eigenvalue weighted by Gasteiger charge is -1.99. The predicted molar refractivity (Wildman–Crippen MR) is 70.4 cm³/mol. The molecule has 0 saturated carbocycles. The van der Waals surface area contributed by atoms with Crippen LogP contribution in [0.3, 0.4) is 0 Å². The summed E-state index contributed by atoms with van der Waals surface area (Å²) in [7, 11) is -2.99. The average molecular weight is 296 g/mol. The standard InChI is InChI=1S/C13H13FN2O3S/c1-8-6-9(2-3-11(8)14)12-15-13(19-16-12)10-4-5-20(17,18)7-10/h2-3,6,10H,4-5,7H2,1H3/t10-/m0/s1. The third kappa shape index (κ3) is 2.45. The molecule has 2 aromatic rings. The van der Waals surface area contributed by atoms with Crippen molar-refractivity contribution in [2.75, 3.05) is 11.5 Å². The quantitative estimate of drug-likeness (QED) is 0.848. The van der Waals surface area contributed by atoms with Gasteiger partial charge in [-0.25, -0.2) is 12.8 Å². The molecule has 20 heavy (non-hydrogen) atoms. The SMILES string of the molecule is Cc1cc(-c2noc([C@H]3CCS(=O)(=O)C3)n2)ccc1F. The molecule has 0 amide bonds. The Labute approximate surface area is 115 Å². The third-order valence-electron chi connectivity index (χ3n) is 3.44. The van der Waals surface area contributed by atoms with Crippen LogP contribution in [0, 0.1) is 12.7 Å². The second-order valence-electron chi connectivity index (χ2n) is 5.02. The highest BCUT2D eigenvalue weighted by Gasteiger charge is 2.33. The van der Waals surface area contributed by atoms with E-state index >= 15 is 0 Å². The lowest BCUT2D eigenvalue weighted by molar-refractivity contribution is 0.361. The van der Waals surface area contributed by atoms with Gasteiger partial charge in [-0.2, -0.15) is 4.98 Å². The van der Waals surface area contributed by atoms with Gasteiger partial charge in [-0.3, -0.25) is 0 Å². The number of sulfone groups is 1. The lowest BCUT2D eigenvalue weighted by atomic mass is 10.1. The van der Waals surface area contributed by atoms with E-state index in [9.17, 15) is 12.8 Å². The molecule has 0 spiro atoms. The minimum absolute atomic E-state index is 0.0527. The van der Waals surface area contributed by atoms with Crippen LogP contribution >= 0.6 is 0 Å².